The van der Waals surface area contributed by atoms with Gasteiger partial charge in [0.25, 0.3) is 0 Å². The van der Waals surface area contributed by atoms with Gasteiger partial charge in [-0.3, -0.25) is 24.9 Å². The molecule has 7 aliphatic rings. The molecule has 0 bridgehead atoms. The molecule has 0 saturated heterocycles. The van der Waals surface area contributed by atoms with Crippen LogP contribution in [0.15, 0.2) is 48.4 Å². The number of H-pyrrole nitrogens is 1. The van der Waals surface area contributed by atoms with Gasteiger partial charge in [0.2, 0.25) is 5.91 Å². The number of nitrogens with one attached hydrogen (secondary N) is 4. The summed E-state index contributed by atoms with van der Waals surface area (Å²) in [7, 11) is 5.62. The topological polar surface area (TPSA) is 156 Å². The molecule has 11 nitrogen and oxygen atoms in total. The van der Waals surface area contributed by atoms with Crippen LogP contribution in [0.2, 0.25) is 0 Å². The summed E-state index contributed by atoms with van der Waals surface area (Å²) in [5.74, 6) is -0.744. The maximum absolute atomic E-state index is 11.3. The van der Waals surface area contributed by atoms with Gasteiger partial charge in [-0.2, -0.15) is 5.10 Å². The van der Waals surface area contributed by atoms with E-state index in [1.54, 1.807) is 12.6 Å². The lowest BCUT2D eigenvalue weighted by Gasteiger charge is -2.01. The number of carbonyl (C=O) groups excluding carboxylic acids is 1. The van der Waals surface area contributed by atoms with E-state index in [4.69, 9.17) is 5.11 Å². The Hall–Kier alpha value is -3.70. The van der Waals surface area contributed by atoms with Crippen LogP contribution in [0.3, 0.4) is 0 Å². The number of rotatable bonds is 6. The molecule has 0 spiro atoms. The van der Waals surface area contributed by atoms with E-state index in [1.807, 2.05) is 14.1 Å². The molecule has 1 aromatic heterocycles. The van der Waals surface area contributed by atoms with E-state index in [0.717, 1.165) is 75.0 Å². The number of aliphatic carboxylic acids is 1. The van der Waals surface area contributed by atoms with Crippen molar-refractivity contribution in [3.63, 3.8) is 0 Å². The molecule has 1 aromatic rings. The highest BCUT2D eigenvalue weighted by Crippen LogP contribution is 2.31. The number of aromatic nitrogens is 2. The molecule has 250 valence electrons. The van der Waals surface area contributed by atoms with Gasteiger partial charge in [-0.05, 0) is 119 Å². The maximum atomic E-state index is 11.3. The Bertz CT molecular complexity index is 1490. The fraction of sp³-hybridized carbons (Fsp3) is 0.600. The monoisotopic (exact) mass is 632 g/mol. The maximum Gasteiger partial charge on any atom is 0.333 e. The Kier molecular flexibility index (Phi) is 12.8. The number of nitrogens with zero attached hydrogens (tertiary/aromatic N) is 4. The van der Waals surface area contributed by atoms with Crippen LogP contribution in [0.5, 0.6) is 0 Å². The van der Waals surface area contributed by atoms with Crippen LogP contribution in [-0.4, -0.2) is 91.6 Å². The predicted octanol–water partition coefficient (Wildman–Crippen LogP) is 4.07. The predicted molar refractivity (Wildman–Crippen MR) is 185 cm³/mol. The van der Waals surface area contributed by atoms with E-state index < -0.39 is 5.97 Å². The zero-order valence-corrected chi connectivity index (χ0v) is 27.1. The summed E-state index contributed by atoms with van der Waals surface area (Å²) >= 11 is 0. The molecule has 0 radical (unpaired) electrons. The van der Waals surface area contributed by atoms with E-state index >= 15 is 0 Å². The van der Waals surface area contributed by atoms with Crippen molar-refractivity contribution in [2.75, 3.05) is 47.3 Å². The third kappa shape index (κ3) is 7.98. The van der Waals surface area contributed by atoms with E-state index in [1.165, 1.54) is 78.0 Å². The van der Waals surface area contributed by atoms with E-state index in [9.17, 15) is 9.59 Å². The van der Waals surface area contributed by atoms with Gasteiger partial charge in [-0.25, -0.2) is 4.79 Å². The number of fused-ring (bicyclic) bond motifs is 4. The molecule has 5 N–H and O–H groups in total. The molecule has 3 saturated carbocycles. The third-order valence-electron chi connectivity index (χ3n) is 9.42. The zero-order chi connectivity index (χ0) is 31.8. The van der Waals surface area contributed by atoms with Gasteiger partial charge >= 0.3 is 5.97 Å². The molecule has 11 heteroatoms. The first kappa shape index (κ1) is 35.2. The summed E-state index contributed by atoms with van der Waals surface area (Å²) < 4.78 is 0. The van der Waals surface area contributed by atoms with E-state index in [2.05, 4.69) is 41.1 Å². The smallest absolute Gasteiger partial charge is 0.333 e. The molecule has 46 heavy (non-hydrogen) atoms. The number of amides is 1. The Balaban J connectivity index is 0.000000138. The van der Waals surface area contributed by atoms with Crippen molar-refractivity contribution in [3.05, 3.63) is 50.4 Å². The average molecular weight is 633 g/mol. The summed E-state index contributed by atoms with van der Waals surface area (Å²) in [6.07, 6.45) is 13.7. The summed E-state index contributed by atoms with van der Waals surface area (Å²) in [6.45, 7) is 3.89. The molecule has 4 aliphatic carbocycles. The molecule has 3 aliphatic heterocycles. The van der Waals surface area contributed by atoms with Crippen LogP contribution in [0.1, 0.15) is 88.6 Å². The lowest BCUT2D eigenvalue weighted by atomic mass is 10.1. The number of aromatic amines is 1. The van der Waals surface area contributed by atoms with Crippen LogP contribution < -0.4 is 16.0 Å². The second-order valence-electron chi connectivity index (χ2n) is 12.3. The first-order valence-electron chi connectivity index (χ1n) is 16.5. The van der Waals surface area contributed by atoms with Crippen molar-refractivity contribution in [2.24, 2.45) is 15.0 Å². The van der Waals surface area contributed by atoms with Gasteiger partial charge in [-0.15, -0.1) is 0 Å². The minimum Gasteiger partial charge on any atom is -0.478 e. The van der Waals surface area contributed by atoms with Gasteiger partial charge in [0.1, 0.15) is 0 Å². The SMILES string of the molecule is C.CNC(=O)C1=C2CCCC2=NC1.CNCC1=C2CCCC2=NC1.CNCc1n[nH]c2c1CCC2.O=C(O)C1=C2CCCC2=NC1. The van der Waals surface area contributed by atoms with Crippen molar-refractivity contribution >= 4 is 29.0 Å². The number of hydrogen-bond acceptors (Lipinski definition) is 8. The Morgan fingerprint density at radius 3 is 1.85 bits per heavy atom. The molecular weight excluding hydrogens is 580 g/mol. The van der Waals surface area contributed by atoms with Crippen LogP contribution in [0.25, 0.3) is 0 Å². The molecule has 0 aromatic carbocycles. The number of likely N-dealkylation sites (N-methyl/N-ethyl adjacent to an activating group) is 2. The molecule has 8 rings (SSSR count). The van der Waals surface area contributed by atoms with E-state index in [-0.39, 0.29) is 13.3 Å². The second kappa shape index (κ2) is 16.7. The number of aliphatic imine (C=N–C) groups is 3. The largest absolute Gasteiger partial charge is 0.478 e. The molecule has 4 heterocycles. The zero-order valence-electron chi connectivity index (χ0n) is 27.1. The van der Waals surface area contributed by atoms with Crippen molar-refractivity contribution in [3.8, 4) is 0 Å². The summed E-state index contributed by atoms with van der Waals surface area (Å²) in [6, 6.07) is 0. The van der Waals surface area contributed by atoms with Gasteiger partial charge in [0.05, 0.1) is 30.9 Å². The highest BCUT2D eigenvalue weighted by molar-refractivity contribution is 6.12. The molecule has 0 unspecified atom stereocenters. The molecular formula is C35H52N8O3. The average Bonchev–Trinajstić information content (AvgIpc) is 3.86. The normalized spacial score (nSPS) is 19.8. The van der Waals surface area contributed by atoms with E-state index in [0.29, 0.717) is 18.7 Å². The fourth-order valence-electron chi connectivity index (χ4n) is 7.20. The fourth-order valence-corrected chi connectivity index (χ4v) is 7.20. The lowest BCUT2D eigenvalue weighted by Crippen LogP contribution is -2.21. The van der Waals surface area contributed by atoms with Crippen LogP contribution in [-0.2, 0) is 29.0 Å². The lowest BCUT2D eigenvalue weighted by molar-refractivity contribution is -0.132. The van der Waals surface area contributed by atoms with Crippen LogP contribution in [0.4, 0.5) is 0 Å². The van der Waals surface area contributed by atoms with Crippen molar-refractivity contribution < 1.29 is 14.7 Å². The summed E-state index contributed by atoms with van der Waals surface area (Å²) in [5, 5.41) is 25.0. The van der Waals surface area contributed by atoms with Crippen molar-refractivity contribution in [2.45, 2.75) is 91.0 Å². The molecule has 0 atom stereocenters. The number of hydrogen-bond donors (Lipinski definition) is 5. The third-order valence-corrected chi connectivity index (χ3v) is 9.42. The second-order valence-corrected chi connectivity index (χ2v) is 12.3. The Morgan fingerprint density at radius 1 is 0.696 bits per heavy atom. The van der Waals surface area contributed by atoms with Gasteiger partial charge in [0, 0.05) is 48.5 Å². The first-order chi connectivity index (χ1) is 21.9. The Morgan fingerprint density at radius 2 is 1.24 bits per heavy atom. The highest BCUT2D eigenvalue weighted by Gasteiger charge is 2.28. The number of carbonyl (C=O) groups is 2. The van der Waals surface area contributed by atoms with Crippen molar-refractivity contribution in [1.29, 1.82) is 0 Å². The van der Waals surface area contributed by atoms with Gasteiger partial charge < -0.3 is 21.1 Å². The number of carboxylic acids is 1. The standard InChI is InChI=1S/C9H12N2O.C9H14N2.C8H13N3.C8H9NO2.CH4/c1-10-9(12)7-5-11-8-4-2-3-6(7)8;1-10-5-7-6-11-9-4-2-3-8(7)9;1-9-5-8-6-3-2-4-7(6)10-11-8;10-8(11)6-4-9-7-3-1-2-5(6)7;/h2-5H2,1H3,(H,10,12);10H,2-6H2,1H3;9H,2-5H2,1H3,(H,10,11);1-4H2,(H,10,11);1H4. The summed E-state index contributed by atoms with van der Waals surface area (Å²) in [5.41, 5.74) is 14.4. The minimum absolute atomic E-state index is 0. The van der Waals surface area contributed by atoms with Gasteiger partial charge in [-0.1, -0.05) is 7.43 Å². The summed E-state index contributed by atoms with van der Waals surface area (Å²) in [4.78, 5) is 34.9. The first-order valence-corrected chi connectivity index (χ1v) is 16.5. The number of allylic oxidation sites excluding steroid dienone is 3. The Labute approximate surface area is 273 Å². The quantitative estimate of drug-likeness (QED) is 0.318. The number of aryl methyl sites for hydroxylation is 1. The minimum atomic E-state index is -0.791. The molecule has 1 amide bonds. The molecule has 3 fully saturated rings. The van der Waals surface area contributed by atoms with Gasteiger partial charge in [0.15, 0.2) is 0 Å². The highest BCUT2D eigenvalue weighted by atomic mass is 16.4. The van der Waals surface area contributed by atoms with Crippen molar-refractivity contribution in [1.82, 2.24) is 26.1 Å². The van der Waals surface area contributed by atoms with Crippen LogP contribution >= 0.6 is 0 Å². The van der Waals surface area contributed by atoms with Crippen LogP contribution in [0, 0.1) is 0 Å². The number of carboxylic acid groups (broad SMARTS) is 1.